The molecule has 1 aromatic carbocycles. The number of amides is 1. The first-order valence-electron chi connectivity index (χ1n) is 7.05. The number of likely N-dealkylation sites (tertiary alicyclic amines) is 1. The van der Waals surface area contributed by atoms with Gasteiger partial charge in [-0.25, -0.2) is 4.79 Å². The summed E-state index contributed by atoms with van der Waals surface area (Å²) in [5, 5.41) is 10.3. The van der Waals surface area contributed by atoms with Gasteiger partial charge in [0.25, 0.3) is 5.91 Å². The van der Waals surface area contributed by atoms with E-state index in [0.29, 0.717) is 42.6 Å². The molecule has 1 N–H and O–H groups in total. The average Bonchev–Trinajstić information content (AvgIpc) is 3.01. The number of hydrogen-bond acceptors (Lipinski definition) is 4. The molecule has 0 spiro atoms. The van der Waals surface area contributed by atoms with Crippen molar-refractivity contribution in [3.63, 3.8) is 0 Å². The van der Waals surface area contributed by atoms with E-state index in [4.69, 9.17) is 4.42 Å². The minimum absolute atomic E-state index is 0.209. The monoisotopic (exact) mass is 290 g/mol. The maximum atomic E-state index is 12.6. The van der Waals surface area contributed by atoms with Gasteiger partial charge in [0.2, 0.25) is 0 Å². The molecular weight excluding hydrogens is 272 g/mol. The van der Waals surface area contributed by atoms with E-state index in [1.807, 2.05) is 6.92 Å². The van der Waals surface area contributed by atoms with Crippen molar-refractivity contribution in [3.8, 4) is 0 Å². The van der Waals surface area contributed by atoms with Gasteiger partial charge in [0.1, 0.15) is 0 Å². The van der Waals surface area contributed by atoms with Crippen LogP contribution < -0.4 is 5.76 Å². The molecule has 0 bridgehead atoms. The van der Waals surface area contributed by atoms with Crippen LogP contribution in [0.25, 0.3) is 11.1 Å². The van der Waals surface area contributed by atoms with E-state index in [1.54, 1.807) is 30.1 Å². The molecule has 1 atom stereocenters. The van der Waals surface area contributed by atoms with Gasteiger partial charge in [0, 0.05) is 20.1 Å². The molecule has 0 saturated carbocycles. The van der Waals surface area contributed by atoms with Crippen LogP contribution in [-0.4, -0.2) is 39.2 Å². The molecular formula is C15H18N2O4. The highest BCUT2D eigenvalue weighted by molar-refractivity contribution is 6.04. The van der Waals surface area contributed by atoms with Crippen molar-refractivity contribution in [2.45, 2.75) is 25.4 Å². The summed E-state index contributed by atoms with van der Waals surface area (Å²) in [4.78, 5) is 25.9. The van der Waals surface area contributed by atoms with E-state index in [-0.39, 0.29) is 5.91 Å². The number of carbonyl (C=O) groups excluding carboxylic acids is 1. The summed E-state index contributed by atoms with van der Waals surface area (Å²) in [5.41, 5.74) is 0.462. The number of aromatic nitrogens is 1. The molecule has 1 aromatic heterocycles. The molecule has 1 aliphatic rings. The highest BCUT2D eigenvalue weighted by atomic mass is 16.4. The Morgan fingerprint density at radius 1 is 1.48 bits per heavy atom. The summed E-state index contributed by atoms with van der Waals surface area (Å²) in [6, 6.07) is 5.12. The topological polar surface area (TPSA) is 75.7 Å². The number of oxazole rings is 1. The van der Waals surface area contributed by atoms with Crippen molar-refractivity contribution in [3.05, 3.63) is 34.3 Å². The second kappa shape index (κ2) is 4.73. The Bertz CT molecular complexity index is 761. The Labute approximate surface area is 121 Å². The minimum Gasteiger partial charge on any atom is -0.407 e. The number of hydrogen-bond donors (Lipinski definition) is 1. The Hall–Kier alpha value is -2.08. The Balaban J connectivity index is 2.00. The van der Waals surface area contributed by atoms with Gasteiger partial charge in [-0.3, -0.25) is 9.36 Å². The quantitative estimate of drug-likeness (QED) is 0.899. The lowest BCUT2D eigenvalue weighted by atomic mass is 10.0. The van der Waals surface area contributed by atoms with Crippen molar-refractivity contribution in [1.29, 1.82) is 0 Å². The molecule has 1 fully saturated rings. The molecule has 2 heterocycles. The zero-order valence-corrected chi connectivity index (χ0v) is 12.1. The number of carbonyl (C=O) groups is 1. The number of β-amino-alcohol motifs (C(OH)–C–C–N with tert-alkyl or cyclic N) is 1. The smallest absolute Gasteiger partial charge is 0.407 e. The Morgan fingerprint density at radius 2 is 2.24 bits per heavy atom. The maximum absolute atomic E-state index is 12.6. The fourth-order valence-electron chi connectivity index (χ4n) is 2.81. The van der Waals surface area contributed by atoms with E-state index >= 15 is 0 Å². The number of aliphatic hydroxyl groups is 1. The second-order valence-electron chi connectivity index (χ2n) is 5.64. The number of rotatable bonds is 2. The van der Waals surface area contributed by atoms with E-state index in [2.05, 4.69) is 0 Å². The molecule has 21 heavy (non-hydrogen) atoms. The number of nitrogens with zero attached hydrogens (tertiary/aromatic N) is 2. The highest BCUT2D eigenvalue weighted by Crippen LogP contribution is 2.27. The first-order valence-corrected chi connectivity index (χ1v) is 7.05. The SMILES string of the molecule is CCC1(O)CCN(C(=O)c2cccc3c2oc(=O)n3C)C1. The summed E-state index contributed by atoms with van der Waals surface area (Å²) in [7, 11) is 1.61. The van der Waals surface area contributed by atoms with E-state index in [1.165, 1.54) is 4.57 Å². The van der Waals surface area contributed by atoms with Crippen molar-refractivity contribution in [2.75, 3.05) is 13.1 Å². The van der Waals surface area contributed by atoms with Crippen LogP contribution in [-0.2, 0) is 7.05 Å². The van der Waals surface area contributed by atoms with Gasteiger partial charge in [0.15, 0.2) is 5.58 Å². The number of aryl methyl sites for hydroxylation is 1. The lowest BCUT2D eigenvalue weighted by Gasteiger charge is -2.21. The lowest BCUT2D eigenvalue weighted by molar-refractivity contribution is 0.0413. The van der Waals surface area contributed by atoms with Gasteiger partial charge >= 0.3 is 5.76 Å². The fourth-order valence-corrected chi connectivity index (χ4v) is 2.81. The third kappa shape index (κ3) is 2.15. The average molecular weight is 290 g/mol. The molecule has 112 valence electrons. The van der Waals surface area contributed by atoms with Crippen LogP contribution in [0.3, 0.4) is 0 Å². The van der Waals surface area contributed by atoms with Gasteiger partial charge in [-0.05, 0) is 25.0 Å². The maximum Gasteiger partial charge on any atom is 0.419 e. The van der Waals surface area contributed by atoms with E-state index in [0.717, 1.165) is 0 Å². The van der Waals surface area contributed by atoms with Gasteiger partial charge in [-0.15, -0.1) is 0 Å². The van der Waals surface area contributed by atoms with Gasteiger partial charge < -0.3 is 14.4 Å². The van der Waals surface area contributed by atoms with Crippen LogP contribution in [0.1, 0.15) is 30.1 Å². The van der Waals surface area contributed by atoms with E-state index < -0.39 is 11.4 Å². The summed E-state index contributed by atoms with van der Waals surface area (Å²) >= 11 is 0. The normalized spacial score (nSPS) is 22.1. The van der Waals surface area contributed by atoms with Crippen molar-refractivity contribution >= 4 is 17.0 Å². The van der Waals surface area contributed by atoms with E-state index in [9.17, 15) is 14.7 Å². The molecule has 0 radical (unpaired) electrons. The molecule has 1 amide bonds. The summed E-state index contributed by atoms with van der Waals surface area (Å²) in [5.74, 6) is -0.698. The van der Waals surface area contributed by atoms with Gasteiger partial charge in [-0.1, -0.05) is 13.0 Å². The van der Waals surface area contributed by atoms with Crippen molar-refractivity contribution < 1.29 is 14.3 Å². The molecule has 1 unspecified atom stereocenters. The standard InChI is InChI=1S/C15H18N2O4/c1-3-15(20)7-8-17(9-15)13(18)10-5-4-6-11-12(10)21-14(19)16(11)2/h4-6,20H,3,7-9H2,1-2H3. The zero-order chi connectivity index (χ0) is 15.2. The Morgan fingerprint density at radius 3 is 2.90 bits per heavy atom. The highest BCUT2D eigenvalue weighted by Gasteiger charge is 2.37. The predicted octanol–water partition coefficient (Wildman–Crippen LogP) is 1.12. The van der Waals surface area contributed by atoms with Crippen LogP contribution in [0.2, 0.25) is 0 Å². The van der Waals surface area contributed by atoms with Crippen molar-refractivity contribution in [2.24, 2.45) is 7.05 Å². The summed E-state index contributed by atoms with van der Waals surface area (Å²) in [6.07, 6.45) is 1.19. The third-order valence-electron chi connectivity index (χ3n) is 4.33. The molecule has 1 saturated heterocycles. The van der Waals surface area contributed by atoms with Crippen LogP contribution in [0.5, 0.6) is 0 Å². The van der Waals surface area contributed by atoms with Gasteiger partial charge in [-0.2, -0.15) is 0 Å². The Kier molecular flexibility index (Phi) is 3.13. The van der Waals surface area contributed by atoms with Crippen LogP contribution in [0.15, 0.2) is 27.4 Å². The molecule has 1 aliphatic heterocycles. The minimum atomic E-state index is -0.804. The van der Waals surface area contributed by atoms with Crippen LogP contribution in [0.4, 0.5) is 0 Å². The summed E-state index contributed by atoms with van der Waals surface area (Å²) < 4.78 is 6.56. The third-order valence-corrected chi connectivity index (χ3v) is 4.33. The molecule has 6 nitrogen and oxygen atoms in total. The second-order valence-corrected chi connectivity index (χ2v) is 5.64. The number of para-hydroxylation sites is 1. The molecule has 0 aliphatic carbocycles. The number of benzene rings is 1. The first-order chi connectivity index (χ1) is 9.95. The van der Waals surface area contributed by atoms with Crippen LogP contribution in [0, 0.1) is 0 Å². The number of fused-ring (bicyclic) bond motifs is 1. The zero-order valence-electron chi connectivity index (χ0n) is 12.1. The summed E-state index contributed by atoms with van der Waals surface area (Å²) in [6.45, 7) is 2.73. The van der Waals surface area contributed by atoms with Gasteiger partial charge in [0.05, 0.1) is 16.7 Å². The molecule has 6 heteroatoms. The molecule has 2 aromatic rings. The first kappa shape index (κ1) is 13.9. The predicted molar refractivity (Wildman–Crippen MR) is 77.2 cm³/mol. The van der Waals surface area contributed by atoms with Crippen molar-refractivity contribution in [1.82, 2.24) is 9.47 Å². The van der Waals surface area contributed by atoms with Crippen LogP contribution >= 0.6 is 0 Å². The fraction of sp³-hybridized carbons (Fsp3) is 0.467. The largest absolute Gasteiger partial charge is 0.419 e. The lowest BCUT2D eigenvalue weighted by Crippen LogP contribution is -2.35. The molecule has 3 rings (SSSR count).